The third-order valence-electron chi connectivity index (χ3n) is 4.83. The van der Waals surface area contributed by atoms with E-state index in [1.807, 2.05) is 19.1 Å². The molecule has 0 unspecified atom stereocenters. The molecule has 1 aliphatic rings. The first-order valence-electron chi connectivity index (χ1n) is 9.01. The van der Waals surface area contributed by atoms with Gasteiger partial charge < -0.3 is 4.42 Å². The Morgan fingerprint density at radius 1 is 1.16 bits per heavy atom. The summed E-state index contributed by atoms with van der Waals surface area (Å²) in [6.07, 6.45) is 1.09. The highest BCUT2D eigenvalue weighted by Gasteiger charge is 2.28. The average Bonchev–Trinajstić information content (AvgIpc) is 2.87. The van der Waals surface area contributed by atoms with Gasteiger partial charge in [0.05, 0.1) is 6.54 Å². The molecule has 136 valence electrons. The Balaban J connectivity index is 1.68. The lowest BCUT2D eigenvalue weighted by Gasteiger charge is -2.34. The first kappa shape index (κ1) is 18.0. The molecule has 0 spiro atoms. The number of benzene rings is 1. The molecule has 3 rings (SSSR count). The minimum absolute atomic E-state index is 0.180. The molecule has 0 bridgehead atoms. The molecule has 2 aromatic rings. The second-order valence-electron chi connectivity index (χ2n) is 7.21. The van der Waals surface area contributed by atoms with Crippen molar-refractivity contribution in [1.29, 1.82) is 0 Å². The molecule has 1 aromatic carbocycles. The molecule has 1 fully saturated rings. The van der Waals surface area contributed by atoms with Crippen LogP contribution in [0.1, 0.15) is 37.6 Å². The molecule has 0 N–H and O–H groups in total. The van der Waals surface area contributed by atoms with E-state index < -0.39 is 0 Å². The second kappa shape index (κ2) is 8.06. The van der Waals surface area contributed by atoms with Gasteiger partial charge in [0.25, 0.3) is 0 Å². The smallest absolute Gasteiger partial charge is 0.230 e. The fourth-order valence-electron chi connectivity index (χ4n) is 3.52. The molecule has 6 heteroatoms. The van der Waals surface area contributed by atoms with Gasteiger partial charge in [-0.2, -0.15) is 0 Å². The molecule has 0 radical (unpaired) electrons. The Kier molecular flexibility index (Phi) is 5.81. The van der Waals surface area contributed by atoms with E-state index in [0.29, 0.717) is 30.3 Å². The lowest BCUT2D eigenvalue weighted by atomic mass is 10.0. The van der Waals surface area contributed by atoms with Gasteiger partial charge in [-0.1, -0.05) is 26.0 Å². The van der Waals surface area contributed by atoms with Crippen molar-refractivity contribution in [3.63, 3.8) is 0 Å². The van der Waals surface area contributed by atoms with Crippen LogP contribution in [0, 0.1) is 18.7 Å². The Hall–Kier alpha value is -1.79. The highest BCUT2D eigenvalue weighted by Crippen LogP contribution is 2.21. The summed E-state index contributed by atoms with van der Waals surface area (Å²) in [5, 5.41) is 8.05. The van der Waals surface area contributed by atoms with Crippen molar-refractivity contribution >= 4 is 0 Å². The summed E-state index contributed by atoms with van der Waals surface area (Å²) in [6.45, 7) is 10.9. The summed E-state index contributed by atoms with van der Waals surface area (Å²) >= 11 is 0. The third-order valence-corrected chi connectivity index (χ3v) is 4.83. The highest BCUT2D eigenvalue weighted by molar-refractivity contribution is 5.16. The van der Waals surface area contributed by atoms with E-state index >= 15 is 0 Å². The van der Waals surface area contributed by atoms with Gasteiger partial charge in [-0.3, -0.25) is 9.80 Å². The number of halogens is 1. The topological polar surface area (TPSA) is 45.4 Å². The zero-order valence-electron chi connectivity index (χ0n) is 15.3. The maximum atomic E-state index is 13.2. The van der Waals surface area contributed by atoms with Crippen molar-refractivity contribution in [2.24, 2.45) is 5.92 Å². The maximum Gasteiger partial charge on any atom is 0.230 e. The van der Waals surface area contributed by atoms with Crippen LogP contribution in [0.3, 0.4) is 0 Å². The van der Waals surface area contributed by atoms with E-state index in [4.69, 9.17) is 4.42 Å². The van der Waals surface area contributed by atoms with Crippen molar-refractivity contribution in [2.45, 2.75) is 46.3 Å². The molecule has 2 heterocycles. The molecule has 1 aliphatic heterocycles. The summed E-state index contributed by atoms with van der Waals surface area (Å²) in [5.41, 5.74) is 1.16. The van der Waals surface area contributed by atoms with E-state index in [0.717, 1.165) is 38.2 Å². The van der Waals surface area contributed by atoms with Crippen molar-refractivity contribution in [1.82, 2.24) is 20.0 Å². The number of nitrogens with zero attached hydrogens (tertiary/aromatic N) is 4. The van der Waals surface area contributed by atoms with Gasteiger partial charge in [-0.05, 0) is 36.6 Å². The summed E-state index contributed by atoms with van der Waals surface area (Å²) in [4.78, 5) is 4.93. The van der Waals surface area contributed by atoms with Crippen LogP contribution in [0.15, 0.2) is 28.7 Å². The molecule has 1 saturated heterocycles. The van der Waals surface area contributed by atoms with Crippen molar-refractivity contribution in [3.8, 4) is 0 Å². The molecule has 0 aliphatic carbocycles. The molecule has 1 aromatic heterocycles. The molecular weight excluding hydrogens is 319 g/mol. The van der Waals surface area contributed by atoms with Gasteiger partial charge in [0.15, 0.2) is 0 Å². The Bertz CT molecular complexity index is 670. The molecule has 0 amide bonds. The Morgan fingerprint density at radius 3 is 2.56 bits per heavy atom. The largest absolute Gasteiger partial charge is 0.424 e. The van der Waals surface area contributed by atoms with E-state index in [2.05, 4.69) is 33.8 Å². The van der Waals surface area contributed by atoms with Crippen LogP contribution >= 0.6 is 0 Å². The zero-order valence-corrected chi connectivity index (χ0v) is 15.3. The minimum atomic E-state index is -0.180. The zero-order chi connectivity index (χ0) is 17.8. The van der Waals surface area contributed by atoms with Crippen molar-refractivity contribution in [3.05, 3.63) is 47.4 Å². The summed E-state index contributed by atoms with van der Waals surface area (Å²) in [7, 11) is 0. The minimum Gasteiger partial charge on any atom is -0.424 e. The number of aromatic nitrogens is 2. The van der Waals surface area contributed by atoms with Crippen LogP contribution in [-0.4, -0.2) is 45.7 Å². The van der Waals surface area contributed by atoms with E-state index in [9.17, 15) is 4.39 Å². The third kappa shape index (κ3) is 4.86. The predicted molar refractivity (Wildman–Crippen MR) is 94.4 cm³/mol. The molecule has 5 nitrogen and oxygen atoms in total. The predicted octanol–water partition coefficient (Wildman–Crippen LogP) is 3.25. The molecule has 0 saturated carbocycles. The number of hydrogen-bond donors (Lipinski definition) is 0. The van der Waals surface area contributed by atoms with Gasteiger partial charge in [-0.15, -0.1) is 10.2 Å². The SMILES string of the molecule is Cc1nnc(CN2CCCN(Cc3ccc(F)cc3)[C@H](C(C)C)C2)o1. The first-order valence-corrected chi connectivity index (χ1v) is 9.01. The monoisotopic (exact) mass is 346 g/mol. The van der Waals surface area contributed by atoms with Gasteiger partial charge in [-0.25, -0.2) is 4.39 Å². The fourth-order valence-corrected chi connectivity index (χ4v) is 3.52. The van der Waals surface area contributed by atoms with Crippen LogP contribution < -0.4 is 0 Å². The van der Waals surface area contributed by atoms with Crippen LogP contribution in [0.4, 0.5) is 4.39 Å². The van der Waals surface area contributed by atoms with Crippen LogP contribution in [-0.2, 0) is 13.1 Å². The second-order valence-corrected chi connectivity index (χ2v) is 7.21. The molecule has 1 atom stereocenters. The number of hydrogen-bond acceptors (Lipinski definition) is 5. The lowest BCUT2D eigenvalue weighted by Crippen LogP contribution is -2.43. The quantitative estimate of drug-likeness (QED) is 0.832. The van der Waals surface area contributed by atoms with Crippen molar-refractivity contribution in [2.75, 3.05) is 19.6 Å². The normalized spacial score (nSPS) is 20.1. The average molecular weight is 346 g/mol. The number of rotatable bonds is 5. The fraction of sp³-hybridized carbons (Fsp3) is 0.579. The van der Waals surface area contributed by atoms with Gasteiger partial charge in [0.1, 0.15) is 5.82 Å². The van der Waals surface area contributed by atoms with E-state index in [1.165, 1.54) is 0 Å². The Morgan fingerprint density at radius 2 is 1.92 bits per heavy atom. The first-order chi connectivity index (χ1) is 12.0. The lowest BCUT2D eigenvalue weighted by molar-refractivity contribution is 0.126. The van der Waals surface area contributed by atoms with Crippen LogP contribution in [0.5, 0.6) is 0 Å². The summed E-state index contributed by atoms with van der Waals surface area (Å²) in [6, 6.07) is 7.30. The Labute approximate surface area is 148 Å². The number of aryl methyl sites for hydroxylation is 1. The highest BCUT2D eigenvalue weighted by atomic mass is 19.1. The van der Waals surface area contributed by atoms with Crippen molar-refractivity contribution < 1.29 is 8.81 Å². The summed E-state index contributed by atoms with van der Waals surface area (Å²) in [5.74, 6) is 1.65. The van der Waals surface area contributed by atoms with Crippen LogP contribution in [0.25, 0.3) is 0 Å². The van der Waals surface area contributed by atoms with Crippen LogP contribution in [0.2, 0.25) is 0 Å². The van der Waals surface area contributed by atoms with Gasteiger partial charge in [0.2, 0.25) is 11.8 Å². The van der Waals surface area contributed by atoms with Gasteiger partial charge >= 0.3 is 0 Å². The molecular formula is C19H27FN4O. The maximum absolute atomic E-state index is 13.2. The van der Waals surface area contributed by atoms with Gasteiger partial charge in [0, 0.05) is 32.6 Å². The standard InChI is InChI=1S/C19H27FN4O/c1-14(2)18-12-23(13-19-22-21-15(3)25-19)9-4-10-24(18)11-16-5-7-17(20)8-6-16/h5-8,14,18H,4,9-13H2,1-3H3/t18-/m0/s1. The summed E-state index contributed by atoms with van der Waals surface area (Å²) < 4.78 is 18.7. The van der Waals surface area contributed by atoms with E-state index in [-0.39, 0.29) is 5.82 Å². The van der Waals surface area contributed by atoms with E-state index in [1.54, 1.807) is 12.1 Å². The molecule has 25 heavy (non-hydrogen) atoms.